The third-order valence-corrected chi connectivity index (χ3v) is 5.01. The number of aromatic carboxylic acids is 1. The van der Waals surface area contributed by atoms with Crippen LogP contribution in [0.1, 0.15) is 26.6 Å². The van der Waals surface area contributed by atoms with E-state index in [1.165, 1.54) is 6.26 Å². The van der Waals surface area contributed by atoms with Gasteiger partial charge in [0.2, 0.25) is 5.91 Å². The molecule has 4 rings (SSSR count). The lowest BCUT2D eigenvalue weighted by molar-refractivity contribution is -0.131. The van der Waals surface area contributed by atoms with Gasteiger partial charge in [0, 0.05) is 42.6 Å². The number of para-hydroxylation sites is 1. The van der Waals surface area contributed by atoms with Crippen LogP contribution >= 0.6 is 0 Å². The number of carbonyl (C=O) groups excluding carboxylic acids is 2. The standard InChI is InChI=1S/C20H19N3O5/c24-17(12-14-13-4-1-2-5-15(13)21-18(14)20(26)27)22-7-9-23(10-8-22)19(25)16-6-3-11-28-16/h1-6,11,21H,7-10,12H2,(H,26,27). The number of aromatic nitrogens is 1. The number of furan rings is 1. The number of nitrogens with one attached hydrogen (secondary N) is 1. The highest BCUT2D eigenvalue weighted by molar-refractivity contribution is 6.00. The summed E-state index contributed by atoms with van der Waals surface area (Å²) < 4.78 is 5.14. The molecule has 144 valence electrons. The molecule has 0 radical (unpaired) electrons. The zero-order valence-corrected chi connectivity index (χ0v) is 15.1. The van der Waals surface area contributed by atoms with Gasteiger partial charge in [0.1, 0.15) is 5.69 Å². The predicted octanol–water partition coefficient (Wildman–Crippen LogP) is 1.99. The monoisotopic (exact) mass is 381 g/mol. The maximum atomic E-state index is 12.8. The van der Waals surface area contributed by atoms with Crippen LogP contribution in [0.5, 0.6) is 0 Å². The molecule has 2 amide bonds. The first-order valence-electron chi connectivity index (χ1n) is 8.98. The molecule has 28 heavy (non-hydrogen) atoms. The van der Waals surface area contributed by atoms with Gasteiger partial charge in [-0.3, -0.25) is 9.59 Å². The van der Waals surface area contributed by atoms with Crippen LogP contribution in [0.4, 0.5) is 0 Å². The summed E-state index contributed by atoms with van der Waals surface area (Å²) >= 11 is 0. The smallest absolute Gasteiger partial charge is 0.352 e. The Morgan fingerprint density at radius 2 is 1.71 bits per heavy atom. The van der Waals surface area contributed by atoms with Crippen molar-refractivity contribution in [2.24, 2.45) is 0 Å². The number of rotatable bonds is 4. The number of carboxylic acid groups (broad SMARTS) is 1. The summed E-state index contributed by atoms with van der Waals surface area (Å²) in [5.74, 6) is -1.16. The van der Waals surface area contributed by atoms with E-state index in [4.69, 9.17) is 4.42 Å². The maximum Gasteiger partial charge on any atom is 0.352 e. The largest absolute Gasteiger partial charge is 0.477 e. The van der Waals surface area contributed by atoms with Gasteiger partial charge in [0.25, 0.3) is 5.91 Å². The van der Waals surface area contributed by atoms with E-state index in [9.17, 15) is 19.5 Å². The van der Waals surface area contributed by atoms with Gasteiger partial charge in [0.15, 0.2) is 5.76 Å². The van der Waals surface area contributed by atoms with Crippen molar-refractivity contribution in [1.29, 1.82) is 0 Å². The van der Waals surface area contributed by atoms with E-state index in [0.29, 0.717) is 37.3 Å². The minimum Gasteiger partial charge on any atom is -0.477 e. The fraction of sp³-hybridized carbons (Fsp3) is 0.250. The van der Waals surface area contributed by atoms with Gasteiger partial charge >= 0.3 is 5.97 Å². The van der Waals surface area contributed by atoms with E-state index in [2.05, 4.69) is 4.98 Å². The predicted molar refractivity (Wildman–Crippen MR) is 100 cm³/mol. The van der Waals surface area contributed by atoms with E-state index in [-0.39, 0.29) is 29.7 Å². The number of H-pyrrole nitrogens is 1. The van der Waals surface area contributed by atoms with Crippen LogP contribution < -0.4 is 0 Å². The van der Waals surface area contributed by atoms with Crippen molar-refractivity contribution < 1.29 is 23.9 Å². The van der Waals surface area contributed by atoms with Crippen LogP contribution in [-0.4, -0.2) is 63.9 Å². The number of fused-ring (bicyclic) bond motifs is 1. The summed E-state index contributed by atoms with van der Waals surface area (Å²) in [6.45, 7) is 1.61. The zero-order valence-electron chi connectivity index (χ0n) is 15.1. The molecule has 0 spiro atoms. The van der Waals surface area contributed by atoms with E-state index in [1.807, 2.05) is 12.1 Å². The summed E-state index contributed by atoms with van der Waals surface area (Å²) in [5.41, 5.74) is 1.22. The SMILES string of the molecule is O=C(O)c1[nH]c2ccccc2c1CC(=O)N1CCN(C(=O)c2ccco2)CC1. The minimum absolute atomic E-state index is 0.00221. The Labute approximate surface area is 160 Å². The second-order valence-corrected chi connectivity index (χ2v) is 6.66. The summed E-state index contributed by atoms with van der Waals surface area (Å²) in [6, 6.07) is 10.5. The molecular formula is C20H19N3O5. The van der Waals surface area contributed by atoms with Crippen molar-refractivity contribution in [3.63, 3.8) is 0 Å². The molecule has 0 atom stereocenters. The first-order chi connectivity index (χ1) is 13.5. The van der Waals surface area contributed by atoms with Crippen molar-refractivity contribution in [3.8, 4) is 0 Å². The van der Waals surface area contributed by atoms with Crippen molar-refractivity contribution in [2.45, 2.75) is 6.42 Å². The Hall–Kier alpha value is -3.55. The van der Waals surface area contributed by atoms with Gasteiger partial charge in [-0.15, -0.1) is 0 Å². The molecule has 8 nitrogen and oxygen atoms in total. The van der Waals surface area contributed by atoms with Gasteiger partial charge in [-0.2, -0.15) is 0 Å². The first-order valence-corrected chi connectivity index (χ1v) is 8.98. The number of carboxylic acids is 1. The fourth-order valence-corrected chi connectivity index (χ4v) is 3.54. The van der Waals surface area contributed by atoms with E-state index >= 15 is 0 Å². The molecule has 0 saturated carbocycles. The van der Waals surface area contributed by atoms with Crippen LogP contribution in [0.15, 0.2) is 47.1 Å². The molecule has 8 heteroatoms. The molecule has 1 aromatic carbocycles. The van der Waals surface area contributed by atoms with Crippen molar-refractivity contribution >= 4 is 28.7 Å². The quantitative estimate of drug-likeness (QED) is 0.719. The number of piperazine rings is 1. The van der Waals surface area contributed by atoms with Gasteiger partial charge < -0.3 is 24.3 Å². The molecule has 1 saturated heterocycles. The summed E-state index contributed by atoms with van der Waals surface area (Å²) in [5, 5.41) is 10.2. The lowest BCUT2D eigenvalue weighted by Gasteiger charge is -2.34. The van der Waals surface area contributed by atoms with Crippen molar-refractivity contribution in [2.75, 3.05) is 26.2 Å². The molecule has 3 aromatic rings. The van der Waals surface area contributed by atoms with Crippen LogP contribution in [0.2, 0.25) is 0 Å². The molecule has 1 aliphatic heterocycles. The van der Waals surface area contributed by atoms with Crippen molar-refractivity contribution in [1.82, 2.24) is 14.8 Å². The second kappa shape index (κ2) is 7.22. The molecular weight excluding hydrogens is 362 g/mol. The van der Waals surface area contributed by atoms with E-state index in [0.717, 1.165) is 5.39 Å². The van der Waals surface area contributed by atoms with E-state index < -0.39 is 5.97 Å². The summed E-state index contributed by atoms with van der Waals surface area (Å²) in [6.07, 6.45) is 1.45. The molecule has 0 bridgehead atoms. The number of benzene rings is 1. The molecule has 0 aliphatic carbocycles. The second-order valence-electron chi connectivity index (χ2n) is 6.66. The Bertz CT molecular complexity index is 1030. The third-order valence-electron chi connectivity index (χ3n) is 5.01. The summed E-state index contributed by atoms with van der Waals surface area (Å²) in [7, 11) is 0. The molecule has 2 N–H and O–H groups in total. The van der Waals surface area contributed by atoms with Gasteiger partial charge in [-0.1, -0.05) is 18.2 Å². The molecule has 0 unspecified atom stereocenters. The normalized spacial score (nSPS) is 14.4. The summed E-state index contributed by atoms with van der Waals surface area (Å²) in [4.78, 5) is 42.9. The number of hydrogen-bond donors (Lipinski definition) is 2. The Balaban J connectivity index is 1.46. The van der Waals surface area contributed by atoms with Gasteiger partial charge in [-0.25, -0.2) is 4.79 Å². The average Bonchev–Trinajstić information content (AvgIpc) is 3.36. The Kier molecular flexibility index (Phi) is 4.60. The number of aromatic amines is 1. The maximum absolute atomic E-state index is 12.8. The van der Waals surface area contributed by atoms with Crippen molar-refractivity contribution in [3.05, 3.63) is 59.7 Å². The highest BCUT2D eigenvalue weighted by atomic mass is 16.4. The molecule has 2 aromatic heterocycles. The zero-order chi connectivity index (χ0) is 19.7. The Morgan fingerprint density at radius 1 is 1.00 bits per heavy atom. The highest BCUT2D eigenvalue weighted by Crippen LogP contribution is 2.24. The van der Waals surface area contributed by atoms with Crippen LogP contribution in [0.3, 0.4) is 0 Å². The molecule has 1 fully saturated rings. The minimum atomic E-state index is -1.09. The lowest BCUT2D eigenvalue weighted by atomic mass is 10.1. The van der Waals surface area contributed by atoms with Gasteiger partial charge in [-0.05, 0) is 18.2 Å². The highest BCUT2D eigenvalue weighted by Gasteiger charge is 2.27. The fourth-order valence-electron chi connectivity index (χ4n) is 3.54. The number of amides is 2. The topological polar surface area (TPSA) is 107 Å². The average molecular weight is 381 g/mol. The first kappa shape index (κ1) is 17.8. The number of hydrogen-bond acceptors (Lipinski definition) is 4. The lowest BCUT2D eigenvalue weighted by Crippen LogP contribution is -2.51. The van der Waals surface area contributed by atoms with Crippen LogP contribution in [0, 0.1) is 0 Å². The van der Waals surface area contributed by atoms with Gasteiger partial charge in [0.05, 0.1) is 12.7 Å². The van der Waals surface area contributed by atoms with Crippen LogP contribution in [-0.2, 0) is 11.2 Å². The number of nitrogens with zero attached hydrogens (tertiary/aromatic N) is 2. The van der Waals surface area contributed by atoms with E-state index in [1.54, 1.807) is 34.1 Å². The number of carbonyl (C=O) groups is 3. The third kappa shape index (κ3) is 3.24. The Morgan fingerprint density at radius 3 is 2.39 bits per heavy atom. The molecule has 3 heterocycles. The molecule has 1 aliphatic rings. The van der Waals surface area contributed by atoms with Crippen LogP contribution in [0.25, 0.3) is 10.9 Å².